The first-order valence-electron chi connectivity index (χ1n) is 8.26. The van der Waals surface area contributed by atoms with Crippen LogP contribution in [0, 0.1) is 11.3 Å². The van der Waals surface area contributed by atoms with Crippen molar-refractivity contribution in [2.75, 3.05) is 20.8 Å². The second-order valence-corrected chi connectivity index (χ2v) is 7.75. The van der Waals surface area contributed by atoms with Crippen LogP contribution in [-0.2, 0) is 4.74 Å². The van der Waals surface area contributed by atoms with Gasteiger partial charge >= 0.3 is 0 Å². The van der Waals surface area contributed by atoms with Gasteiger partial charge in [0, 0.05) is 18.7 Å². The molecule has 0 aliphatic heterocycles. The molecule has 2 aliphatic carbocycles. The molecule has 3 unspecified atom stereocenters. The Hall–Kier alpha value is -0.120. The van der Waals surface area contributed by atoms with Crippen molar-refractivity contribution in [1.82, 2.24) is 4.90 Å². The third-order valence-corrected chi connectivity index (χ3v) is 6.19. The van der Waals surface area contributed by atoms with E-state index < -0.39 is 0 Å². The standard InChI is InChI=1S/C17H33NO2/c1-6-16(2,3)14-8-7-13(19)11-15(14)18(4)17(9-10-17)12-20-5/h13-15,19H,6-12H2,1-5H3. The summed E-state index contributed by atoms with van der Waals surface area (Å²) in [6, 6.07) is 0.492. The first-order valence-corrected chi connectivity index (χ1v) is 8.26. The zero-order chi connectivity index (χ0) is 15.0. The largest absolute Gasteiger partial charge is 0.393 e. The molecular weight excluding hydrogens is 250 g/mol. The van der Waals surface area contributed by atoms with Crippen LogP contribution in [0.2, 0.25) is 0 Å². The van der Waals surface area contributed by atoms with Crippen molar-refractivity contribution in [1.29, 1.82) is 0 Å². The highest BCUT2D eigenvalue weighted by Crippen LogP contribution is 2.49. The number of hydrogen-bond donors (Lipinski definition) is 1. The summed E-state index contributed by atoms with van der Waals surface area (Å²) < 4.78 is 5.45. The number of likely N-dealkylation sites (N-methyl/N-ethyl adjacent to an activating group) is 1. The minimum atomic E-state index is -0.121. The van der Waals surface area contributed by atoms with Gasteiger partial charge in [0.05, 0.1) is 12.7 Å². The molecule has 0 aromatic rings. The monoisotopic (exact) mass is 283 g/mol. The van der Waals surface area contributed by atoms with Gasteiger partial charge in [0.15, 0.2) is 0 Å². The van der Waals surface area contributed by atoms with Crippen molar-refractivity contribution < 1.29 is 9.84 Å². The average Bonchev–Trinajstić information content (AvgIpc) is 3.19. The quantitative estimate of drug-likeness (QED) is 0.813. The van der Waals surface area contributed by atoms with Gasteiger partial charge in [-0.15, -0.1) is 0 Å². The molecule has 2 rings (SSSR count). The number of ether oxygens (including phenoxy) is 1. The Morgan fingerprint density at radius 1 is 1.30 bits per heavy atom. The minimum Gasteiger partial charge on any atom is -0.393 e. The van der Waals surface area contributed by atoms with E-state index >= 15 is 0 Å². The van der Waals surface area contributed by atoms with E-state index in [4.69, 9.17) is 4.74 Å². The normalized spacial score (nSPS) is 33.5. The zero-order valence-corrected chi connectivity index (χ0v) is 14.0. The van der Waals surface area contributed by atoms with Gasteiger partial charge in [-0.1, -0.05) is 27.2 Å². The first-order chi connectivity index (χ1) is 9.36. The maximum atomic E-state index is 10.1. The van der Waals surface area contributed by atoms with Crippen LogP contribution in [-0.4, -0.2) is 48.5 Å². The van der Waals surface area contributed by atoms with Crippen LogP contribution in [0.4, 0.5) is 0 Å². The number of rotatable bonds is 6. The number of nitrogens with zero attached hydrogens (tertiary/aromatic N) is 1. The van der Waals surface area contributed by atoms with Gasteiger partial charge in [-0.3, -0.25) is 4.90 Å². The topological polar surface area (TPSA) is 32.7 Å². The Bertz CT molecular complexity index is 325. The molecule has 0 aromatic heterocycles. The van der Waals surface area contributed by atoms with Gasteiger partial charge in [-0.05, 0) is 50.5 Å². The molecule has 0 bridgehead atoms. The predicted molar refractivity (Wildman–Crippen MR) is 82.8 cm³/mol. The average molecular weight is 283 g/mol. The predicted octanol–water partition coefficient (Wildman–Crippen LogP) is 3.06. The fraction of sp³-hybridized carbons (Fsp3) is 1.00. The number of hydrogen-bond acceptors (Lipinski definition) is 3. The zero-order valence-electron chi connectivity index (χ0n) is 14.0. The summed E-state index contributed by atoms with van der Waals surface area (Å²) >= 11 is 0. The van der Waals surface area contributed by atoms with Gasteiger partial charge < -0.3 is 9.84 Å². The lowest BCUT2D eigenvalue weighted by Crippen LogP contribution is -2.54. The van der Waals surface area contributed by atoms with Crippen LogP contribution in [0.1, 0.15) is 59.3 Å². The van der Waals surface area contributed by atoms with E-state index in [1.165, 1.54) is 19.3 Å². The Kier molecular flexibility index (Phi) is 4.83. The van der Waals surface area contributed by atoms with E-state index in [0.717, 1.165) is 25.9 Å². The fourth-order valence-electron chi connectivity index (χ4n) is 4.09. The maximum Gasteiger partial charge on any atom is 0.0646 e. The summed E-state index contributed by atoms with van der Waals surface area (Å²) in [4.78, 5) is 2.56. The Balaban J connectivity index is 2.16. The van der Waals surface area contributed by atoms with Crippen LogP contribution < -0.4 is 0 Å². The molecule has 2 fully saturated rings. The molecule has 3 atom stereocenters. The molecule has 1 N–H and O–H groups in total. The molecule has 118 valence electrons. The van der Waals surface area contributed by atoms with Crippen LogP contribution in [0.25, 0.3) is 0 Å². The van der Waals surface area contributed by atoms with E-state index in [0.29, 0.717) is 17.4 Å². The Labute approximate surface area is 124 Å². The summed E-state index contributed by atoms with van der Waals surface area (Å²) in [5.74, 6) is 0.676. The van der Waals surface area contributed by atoms with E-state index in [2.05, 4.69) is 32.7 Å². The smallest absolute Gasteiger partial charge is 0.0646 e. The number of aliphatic hydroxyl groups is 1. The third-order valence-electron chi connectivity index (χ3n) is 6.19. The lowest BCUT2D eigenvalue weighted by Gasteiger charge is -2.49. The van der Waals surface area contributed by atoms with Crippen molar-refractivity contribution >= 4 is 0 Å². The summed E-state index contributed by atoms with van der Waals surface area (Å²) in [6.45, 7) is 7.91. The van der Waals surface area contributed by atoms with Gasteiger partial charge in [-0.2, -0.15) is 0 Å². The Morgan fingerprint density at radius 2 is 1.95 bits per heavy atom. The van der Waals surface area contributed by atoms with Gasteiger partial charge in [0.1, 0.15) is 0 Å². The van der Waals surface area contributed by atoms with E-state index in [-0.39, 0.29) is 11.6 Å². The highest BCUT2D eigenvalue weighted by Gasteiger charge is 2.52. The second-order valence-electron chi connectivity index (χ2n) is 7.75. The maximum absolute atomic E-state index is 10.1. The van der Waals surface area contributed by atoms with Crippen LogP contribution in [0.5, 0.6) is 0 Å². The SMILES string of the molecule is CCC(C)(C)C1CCC(O)CC1N(C)C1(COC)CC1. The molecule has 20 heavy (non-hydrogen) atoms. The van der Waals surface area contributed by atoms with Crippen LogP contribution in [0.15, 0.2) is 0 Å². The molecule has 0 spiro atoms. The lowest BCUT2D eigenvalue weighted by atomic mass is 9.66. The highest BCUT2D eigenvalue weighted by molar-refractivity contribution is 5.07. The fourth-order valence-corrected chi connectivity index (χ4v) is 4.09. The molecule has 3 heteroatoms. The Morgan fingerprint density at radius 3 is 2.45 bits per heavy atom. The summed E-state index contributed by atoms with van der Waals surface area (Å²) in [6.07, 6.45) is 6.61. The van der Waals surface area contributed by atoms with Crippen molar-refractivity contribution in [2.45, 2.75) is 77.0 Å². The molecule has 0 radical (unpaired) electrons. The molecule has 0 saturated heterocycles. The van der Waals surface area contributed by atoms with Gasteiger partial charge in [0.25, 0.3) is 0 Å². The van der Waals surface area contributed by atoms with E-state index in [9.17, 15) is 5.11 Å². The number of aliphatic hydroxyl groups excluding tert-OH is 1. The van der Waals surface area contributed by atoms with Crippen LogP contribution >= 0.6 is 0 Å². The molecule has 0 aromatic carbocycles. The first kappa shape index (κ1) is 16.3. The van der Waals surface area contributed by atoms with E-state index in [1.807, 2.05) is 0 Å². The lowest BCUT2D eigenvalue weighted by molar-refractivity contribution is -0.0416. The third kappa shape index (κ3) is 3.05. The van der Waals surface area contributed by atoms with E-state index in [1.54, 1.807) is 7.11 Å². The highest BCUT2D eigenvalue weighted by atomic mass is 16.5. The van der Waals surface area contributed by atoms with Gasteiger partial charge in [0.2, 0.25) is 0 Å². The van der Waals surface area contributed by atoms with Crippen molar-refractivity contribution in [3.05, 3.63) is 0 Å². The molecule has 2 saturated carbocycles. The summed E-state index contributed by atoms with van der Waals surface area (Å²) in [5.41, 5.74) is 0.598. The van der Waals surface area contributed by atoms with Crippen molar-refractivity contribution in [3.8, 4) is 0 Å². The molecule has 0 amide bonds. The minimum absolute atomic E-state index is 0.121. The van der Waals surface area contributed by atoms with Crippen molar-refractivity contribution in [3.63, 3.8) is 0 Å². The molecule has 2 aliphatic rings. The van der Waals surface area contributed by atoms with Crippen LogP contribution in [0.3, 0.4) is 0 Å². The molecule has 0 heterocycles. The van der Waals surface area contributed by atoms with Gasteiger partial charge in [-0.25, -0.2) is 0 Å². The number of methoxy groups -OCH3 is 1. The molecule has 3 nitrogen and oxygen atoms in total. The summed E-state index contributed by atoms with van der Waals surface area (Å²) in [7, 11) is 4.06. The summed E-state index contributed by atoms with van der Waals surface area (Å²) in [5, 5.41) is 10.1. The molecular formula is C17H33NO2. The van der Waals surface area contributed by atoms with Crippen molar-refractivity contribution in [2.24, 2.45) is 11.3 Å². The second kappa shape index (κ2) is 5.94.